The summed E-state index contributed by atoms with van der Waals surface area (Å²) in [7, 11) is 1.26. The second kappa shape index (κ2) is 9.20. The highest BCUT2D eigenvalue weighted by atomic mass is 32.2. The third-order valence-corrected chi connectivity index (χ3v) is 3.73. The summed E-state index contributed by atoms with van der Waals surface area (Å²) in [6, 6.07) is 7.73. The van der Waals surface area contributed by atoms with Crippen LogP contribution in [0.4, 0.5) is 0 Å². The molecule has 114 valence electrons. The molecule has 1 amide bonds. The smallest absolute Gasteiger partial charge is 0.329 e. The molecular formula is C15H19NO4S. The lowest BCUT2D eigenvalue weighted by Crippen LogP contribution is -2.45. The van der Waals surface area contributed by atoms with Gasteiger partial charge in [0, 0.05) is 11.5 Å². The molecule has 0 aliphatic rings. The van der Waals surface area contributed by atoms with Crippen molar-refractivity contribution in [1.82, 2.24) is 5.32 Å². The van der Waals surface area contributed by atoms with Gasteiger partial charge in [0.15, 0.2) is 6.10 Å². The molecule has 5 nitrogen and oxygen atoms in total. The average molecular weight is 309 g/mol. The lowest BCUT2D eigenvalue weighted by atomic mass is 10.1. The molecule has 1 aromatic rings. The Morgan fingerprint density at radius 1 is 1.43 bits per heavy atom. The van der Waals surface area contributed by atoms with E-state index in [2.05, 4.69) is 16.6 Å². The average Bonchev–Trinajstić information content (AvgIpc) is 2.53. The van der Waals surface area contributed by atoms with E-state index in [0.29, 0.717) is 17.1 Å². The Hall–Kier alpha value is -1.79. The number of esters is 1. The van der Waals surface area contributed by atoms with Crippen molar-refractivity contribution in [2.45, 2.75) is 12.1 Å². The molecule has 0 aliphatic heterocycles. The molecule has 0 bridgehead atoms. The van der Waals surface area contributed by atoms with Crippen molar-refractivity contribution >= 4 is 23.6 Å². The summed E-state index contributed by atoms with van der Waals surface area (Å²) >= 11 is 1.44. The summed E-state index contributed by atoms with van der Waals surface area (Å²) in [5, 5.41) is 12.5. The van der Waals surface area contributed by atoms with Gasteiger partial charge in [-0.1, -0.05) is 36.4 Å². The summed E-state index contributed by atoms with van der Waals surface area (Å²) < 4.78 is 4.65. The quantitative estimate of drug-likeness (QED) is 0.430. The topological polar surface area (TPSA) is 75.6 Å². The third kappa shape index (κ3) is 5.61. The Kier molecular flexibility index (Phi) is 7.56. The Bertz CT molecular complexity index is 478. The normalized spacial score (nSPS) is 13.0. The van der Waals surface area contributed by atoms with Gasteiger partial charge < -0.3 is 15.2 Å². The largest absolute Gasteiger partial charge is 0.467 e. The molecule has 1 rings (SSSR count). The Morgan fingerprint density at radius 3 is 2.67 bits per heavy atom. The van der Waals surface area contributed by atoms with Crippen LogP contribution >= 0.6 is 11.8 Å². The maximum Gasteiger partial charge on any atom is 0.329 e. The lowest BCUT2D eigenvalue weighted by Gasteiger charge is -2.18. The van der Waals surface area contributed by atoms with Crippen molar-refractivity contribution in [2.75, 3.05) is 18.6 Å². The minimum absolute atomic E-state index is 0.353. The van der Waals surface area contributed by atoms with E-state index < -0.39 is 24.0 Å². The maximum absolute atomic E-state index is 12.0. The van der Waals surface area contributed by atoms with E-state index in [4.69, 9.17) is 0 Å². The fraction of sp³-hybridized carbons (Fsp3) is 0.333. The number of carbonyl (C=O) groups excluding carboxylic acids is 2. The number of nitrogens with one attached hydrogen (secondary N) is 1. The fourth-order valence-corrected chi connectivity index (χ4v) is 2.38. The van der Waals surface area contributed by atoms with Gasteiger partial charge in [-0.3, -0.25) is 4.79 Å². The van der Waals surface area contributed by atoms with Crippen LogP contribution in [-0.2, 0) is 14.3 Å². The van der Waals surface area contributed by atoms with Gasteiger partial charge in [0.25, 0.3) is 5.91 Å². The van der Waals surface area contributed by atoms with E-state index in [9.17, 15) is 14.7 Å². The molecule has 21 heavy (non-hydrogen) atoms. The van der Waals surface area contributed by atoms with E-state index in [1.165, 1.54) is 18.9 Å². The number of carbonyl (C=O) groups is 2. The molecule has 1 unspecified atom stereocenters. The second-order valence-corrected chi connectivity index (χ2v) is 5.30. The first-order valence-corrected chi connectivity index (χ1v) is 7.55. The zero-order chi connectivity index (χ0) is 15.7. The van der Waals surface area contributed by atoms with Crippen molar-refractivity contribution in [1.29, 1.82) is 0 Å². The van der Waals surface area contributed by atoms with Crippen molar-refractivity contribution in [3.63, 3.8) is 0 Å². The van der Waals surface area contributed by atoms with E-state index in [1.54, 1.807) is 36.4 Å². The molecular weight excluding hydrogens is 290 g/mol. The zero-order valence-corrected chi connectivity index (χ0v) is 12.6. The minimum atomic E-state index is -1.32. The van der Waals surface area contributed by atoms with Crippen LogP contribution in [0.3, 0.4) is 0 Å². The summed E-state index contributed by atoms with van der Waals surface area (Å²) in [4.78, 5) is 23.7. The second-order valence-electron chi connectivity index (χ2n) is 4.22. The van der Waals surface area contributed by atoms with Gasteiger partial charge in [0.1, 0.15) is 6.04 Å². The SMILES string of the molecule is C=CCSC[C@H](NC(=O)C(O)c1ccccc1)C(=O)OC. The number of thioether (sulfide) groups is 1. The minimum Gasteiger partial charge on any atom is -0.467 e. The Labute approximate surface area is 128 Å². The predicted octanol–water partition coefficient (Wildman–Crippen LogP) is 1.30. The van der Waals surface area contributed by atoms with E-state index in [0.717, 1.165) is 0 Å². The zero-order valence-electron chi connectivity index (χ0n) is 11.8. The van der Waals surface area contributed by atoms with Crippen molar-refractivity contribution in [3.8, 4) is 0 Å². The summed E-state index contributed by atoms with van der Waals surface area (Å²) in [5.74, 6) is -0.160. The van der Waals surface area contributed by atoms with E-state index in [1.807, 2.05) is 0 Å². The van der Waals surface area contributed by atoms with Crippen LogP contribution in [0, 0.1) is 0 Å². The lowest BCUT2D eigenvalue weighted by molar-refractivity contribution is -0.145. The highest BCUT2D eigenvalue weighted by Crippen LogP contribution is 2.13. The number of aliphatic hydroxyl groups excluding tert-OH is 1. The number of hydrogen-bond acceptors (Lipinski definition) is 5. The molecule has 0 heterocycles. The number of amides is 1. The van der Waals surface area contributed by atoms with E-state index >= 15 is 0 Å². The molecule has 0 aromatic heterocycles. The molecule has 0 fully saturated rings. The number of aliphatic hydroxyl groups is 1. The van der Waals surface area contributed by atoms with Crippen molar-refractivity contribution < 1.29 is 19.4 Å². The maximum atomic E-state index is 12.0. The van der Waals surface area contributed by atoms with Crippen LogP contribution in [0.1, 0.15) is 11.7 Å². The van der Waals surface area contributed by atoms with Crippen molar-refractivity contribution in [3.05, 3.63) is 48.6 Å². The van der Waals surface area contributed by atoms with Crippen LogP contribution in [0.5, 0.6) is 0 Å². The third-order valence-electron chi connectivity index (χ3n) is 2.69. The standard InChI is InChI=1S/C15H19NO4S/c1-3-9-21-10-12(15(19)20-2)16-14(18)13(17)11-7-5-4-6-8-11/h3-8,12-13,17H,1,9-10H2,2H3,(H,16,18)/t12-,13?/m0/s1. The number of rotatable bonds is 8. The highest BCUT2D eigenvalue weighted by Gasteiger charge is 2.25. The number of hydrogen-bond donors (Lipinski definition) is 2. The monoisotopic (exact) mass is 309 g/mol. The van der Waals surface area contributed by atoms with Crippen LogP contribution in [0.15, 0.2) is 43.0 Å². The summed E-state index contributed by atoms with van der Waals surface area (Å²) in [6.45, 7) is 3.59. The fourth-order valence-electron chi connectivity index (χ4n) is 1.62. The summed E-state index contributed by atoms with van der Waals surface area (Å²) in [5.41, 5.74) is 0.470. The van der Waals surface area contributed by atoms with Crippen LogP contribution in [-0.4, -0.2) is 41.6 Å². The first-order chi connectivity index (χ1) is 10.1. The van der Waals surface area contributed by atoms with Gasteiger partial charge in [-0.05, 0) is 5.56 Å². The van der Waals surface area contributed by atoms with Gasteiger partial charge >= 0.3 is 5.97 Å². The predicted molar refractivity (Wildman–Crippen MR) is 82.9 cm³/mol. The molecule has 2 N–H and O–H groups in total. The molecule has 0 spiro atoms. The Morgan fingerprint density at radius 2 is 2.10 bits per heavy atom. The summed E-state index contributed by atoms with van der Waals surface area (Å²) in [6.07, 6.45) is 0.391. The van der Waals surface area contributed by atoms with Gasteiger partial charge in [0.2, 0.25) is 0 Å². The van der Waals surface area contributed by atoms with Crippen molar-refractivity contribution in [2.24, 2.45) is 0 Å². The first kappa shape index (κ1) is 17.3. The molecule has 0 radical (unpaired) electrons. The molecule has 1 aromatic carbocycles. The molecule has 0 aliphatic carbocycles. The number of methoxy groups -OCH3 is 1. The Balaban J connectivity index is 2.66. The number of benzene rings is 1. The van der Waals surface area contributed by atoms with Crippen LogP contribution < -0.4 is 5.32 Å². The van der Waals surface area contributed by atoms with Gasteiger partial charge in [0.05, 0.1) is 7.11 Å². The molecule has 0 saturated heterocycles. The number of ether oxygens (including phenoxy) is 1. The van der Waals surface area contributed by atoms with Crippen LogP contribution in [0.25, 0.3) is 0 Å². The molecule has 6 heteroatoms. The van der Waals surface area contributed by atoms with E-state index in [-0.39, 0.29) is 0 Å². The first-order valence-electron chi connectivity index (χ1n) is 6.40. The van der Waals surface area contributed by atoms with Gasteiger partial charge in [-0.2, -0.15) is 11.8 Å². The molecule has 0 saturated carbocycles. The van der Waals surface area contributed by atoms with Crippen LogP contribution in [0.2, 0.25) is 0 Å². The van der Waals surface area contributed by atoms with Gasteiger partial charge in [-0.25, -0.2) is 4.79 Å². The molecule has 2 atom stereocenters. The highest BCUT2D eigenvalue weighted by molar-refractivity contribution is 7.99. The van der Waals surface area contributed by atoms with Gasteiger partial charge in [-0.15, -0.1) is 6.58 Å².